The maximum absolute atomic E-state index is 14.8. The van der Waals surface area contributed by atoms with E-state index in [2.05, 4.69) is 38.2 Å². The number of aromatic nitrogens is 2. The topological polar surface area (TPSA) is 44.2 Å². The van der Waals surface area contributed by atoms with E-state index in [0.29, 0.717) is 17.7 Å². The molecule has 1 aromatic heterocycles. The van der Waals surface area contributed by atoms with Crippen LogP contribution in [0.15, 0.2) is 60.9 Å². The fraction of sp³-hybridized carbons (Fsp3) is 0.200. The number of nitrogens with zero attached hydrogens (tertiary/aromatic N) is 2. The highest BCUT2D eigenvalue weighted by atomic mass is 19.4. The predicted molar refractivity (Wildman–Crippen MR) is 136 cm³/mol. The number of ether oxygens (including phenoxy) is 2. The average molecular weight is 610 g/mol. The summed E-state index contributed by atoms with van der Waals surface area (Å²) in [5.41, 5.74) is -1.35. The Hall–Kier alpha value is -4.73. The van der Waals surface area contributed by atoms with Gasteiger partial charge >= 0.3 is 12.5 Å². The van der Waals surface area contributed by atoms with Crippen molar-refractivity contribution in [1.29, 1.82) is 0 Å². The van der Waals surface area contributed by atoms with Crippen LogP contribution in [-0.4, -0.2) is 16.3 Å². The Morgan fingerprint density at radius 3 is 1.86 bits per heavy atom. The minimum absolute atomic E-state index is 0.194. The van der Waals surface area contributed by atoms with Crippen molar-refractivity contribution in [2.24, 2.45) is 0 Å². The molecule has 4 nitrogen and oxygen atoms in total. The van der Waals surface area contributed by atoms with Crippen molar-refractivity contribution in [1.82, 2.24) is 9.97 Å². The van der Waals surface area contributed by atoms with Crippen molar-refractivity contribution in [3.63, 3.8) is 0 Å². The number of rotatable bonds is 8. The lowest BCUT2D eigenvalue weighted by atomic mass is 10.0. The third-order valence-electron chi connectivity index (χ3n) is 5.83. The maximum atomic E-state index is 14.8. The minimum atomic E-state index is -5.44. The highest BCUT2D eigenvalue weighted by Gasteiger charge is 2.36. The quantitative estimate of drug-likeness (QED) is 0.148. The van der Waals surface area contributed by atoms with Crippen molar-refractivity contribution in [2.75, 3.05) is 0 Å². The van der Waals surface area contributed by atoms with Gasteiger partial charge in [0.25, 0.3) is 0 Å². The number of halogens is 9. The number of hydrogen-bond acceptors (Lipinski definition) is 4. The molecule has 43 heavy (non-hydrogen) atoms. The zero-order chi connectivity index (χ0) is 31.4. The first kappa shape index (κ1) is 31.2. The number of aryl methyl sites for hydroxylation is 1. The van der Waals surface area contributed by atoms with Gasteiger partial charge in [0.15, 0.2) is 11.6 Å². The molecule has 0 bridgehead atoms. The molecule has 0 atom stereocenters. The van der Waals surface area contributed by atoms with Gasteiger partial charge in [0.05, 0.1) is 11.1 Å². The van der Waals surface area contributed by atoms with Gasteiger partial charge in [-0.05, 0) is 66.3 Å². The largest absolute Gasteiger partial charge is 0.573 e. The second-order valence-corrected chi connectivity index (χ2v) is 9.04. The van der Waals surface area contributed by atoms with E-state index in [4.69, 9.17) is 0 Å². The highest BCUT2D eigenvalue weighted by molar-refractivity contribution is 5.67. The summed E-state index contributed by atoms with van der Waals surface area (Å²) in [5, 5.41) is 0. The molecular weight excluding hydrogens is 591 g/mol. The first-order valence-electron chi connectivity index (χ1n) is 12.5. The van der Waals surface area contributed by atoms with E-state index in [1.54, 1.807) is 12.4 Å². The van der Waals surface area contributed by atoms with Crippen LogP contribution < -0.4 is 9.47 Å². The molecule has 4 aromatic rings. The van der Waals surface area contributed by atoms with Crippen LogP contribution in [0.4, 0.5) is 39.5 Å². The second-order valence-electron chi connectivity index (χ2n) is 9.04. The molecule has 0 aliphatic carbocycles. The van der Waals surface area contributed by atoms with Gasteiger partial charge in [-0.1, -0.05) is 19.3 Å². The van der Waals surface area contributed by atoms with Crippen LogP contribution in [0.3, 0.4) is 0 Å². The van der Waals surface area contributed by atoms with Gasteiger partial charge in [-0.2, -0.15) is 8.78 Å². The molecular formula is C30H19F9N2O2. The first-order valence-corrected chi connectivity index (χ1v) is 12.5. The Morgan fingerprint density at radius 1 is 0.744 bits per heavy atom. The number of unbranched alkanes of at least 4 members (excludes halogenated alkanes) is 1. The molecule has 13 heteroatoms. The van der Waals surface area contributed by atoms with E-state index in [1.165, 1.54) is 12.1 Å². The normalized spacial score (nSPS) is 11.6. The van der Waals surface area contributed by atoms with Gasteiger partial charge in [0, 0.05) is 30.1 Å². The predicted octanol–water partition coefficient (Wildman–Crippen LogP) is 8.47. The molecule has 1 heterocycles. The Labute approximate surface area is 239 Å². The molecule has 0 unspecified atom stereocenters. The minimum Gasteiger partial charge on any atom is -0.429 e. The van der Waals surface area contributed by atoms with Crippen molar-refractivity contribution in [3.8, 4) is 34.5 Å². The van der Waals surface area contributed by atoms with E-state index in [-0.39, 0.29) is 18.0 Å². The molecule has 0 saturated carbocycles. The monoisotopic (exact) mass is 610 g/mol. The lowest BCUT2D eigenvalue weighted by Gasteiger charge is -2.19. The lowest BCUT2D eigenvalue weighted by Crippen LogP contribution is -2.22. The van der Waals surface area contributed by atoms with Crippen molar-refractivity contribution < 1.29 is 49.0 Å². The molecule has 0 saturated heterocycles. The molecule has 3 aromatic carbocycles. The molecule has 0 fully saturated rings. The van der Waals surface area contributed by atoms with Gasteiger partial charge < -0.3 is 9.47 Å². The number of alkyl halides is 5. The van der Waals surface area contributed by atoms with Crippen LogP contribution in [-0.2, 0) is 12.5 Å². The second kappa shape index (κ2) is 12.6. The fourth-order valence-electron chi connectivity index (χ4n) is 3.81. The summed E-state index contributed by atoms with van der Waals surface area (Å²) in [6, 6.07) is 5.53. The summed E-state index contributed by atoms with van der Waals surface area (Å²) < 4.78 is 132. The summed E-state index contributed by atoms with van der Waals surface area (Å²) in [6.45, 7) is 2.06. The summed E-state index contributed by atoms with van der Waals surface area (Å²) in [6.07, 6.45) is -3.35. The average Bonchev–Trinajstić information content (AvgIpc) is 2.92. The summed E-state index contributed by atoms with van der Waals surface area (Å²) in [4.78, 5) is 8.29. The fourth-order valence-corrected chi connectivity index (χ4v) is 3.81. The Kier molecular flexibility index (Phi) is 9.18. The zero-order valence-electron chi connectivity index (χ0n) is 22.0. The summed E-state index contributed by atoms with van der Waals surface area (Å²) in [5.74, 6) is -4.10. The van der Waals surface area contributed by atoms with E-state index in [1.807, 2.05) is 0 Å². The van der Waals surface area contributed by atoms with E-state index in [9.17, 15) is 39.5 Å². The zero-order valence-corrected chi connectivity index (χ0v) is 22.0. The molecule has 0 amide bonds. The van der Waals surface area contributed by atoms with Crippen LogP contribution in [0.1, 0.15) is 42.3 Å². The number of benzene rings is 3. The van der Waals surface area contributed by atoms with Crippen molar-refractivity contribution in [3.05, 3.63) is 107 Å². The highest BCUT2D eigenvalue weighted by Crippen LogP contribution is 2.38. The lowest BCUT2D eigenvalue weighted by molar-refractivity contribution is -0.276. The van der Waals surface area contributed by atoms with E-state index < -0.39 is 63.9 Å². The van der Waals surface area contributed by atoms with Crippen molar-refractivity contribution >= 4 is 0 Å². The SMILES string of the molecule is CCCCc1cnc(C#Cc2ccc(C(F)(F)Oc3cc(F)c(-c4cc(F)c(OC(F)(F)F)c(F)c4)c(F)c3)cc2)nc1. The molecule has 224 valence electrons. The van der Waals surface area contributed by atoms with E-state index >= 15 is 0 Å². The molecule has 0 radical (unpaired) electrons. The van der Waals surface area contributed by atoms with Crippen LogP contribution in [0.2, 0.25) is 0 Å². The smallest absolute Gasteiger partial charge is 0.429 e. The third-order valence-corrected chi connectivity index (χ3v) is 5.83. The summed E-state index contributed by atoms with van der Waals surface area (Å²) >= 11 is 0. The first-order chi connectivity index (χ1) is 20.3. The molecule has 0 aliphatic rings. The molecule has 4 rings (SSSR count). The maximum Gasteiger partial charge on any atom is 0.573 e. The van der Waals surface area contributed by atoms with Gasteiger partial charge in [0.1, 0.15) is 17.4 Å². The Morgan fingerprint density at radius 2 is 1.33 bits per heavy atom. The van der Waals surface area contributed by atoms with Crippen LogP contribution in [0, 0.1) is 35.1 Å². The number of hydrogen-bond donors (Lipinski definition) is 0. The Balaban J connectivity index is 1.50. The standard InChI is InChI=1S/C30H19F9N2O2/c1-2-3-4-18-15-40-26(41-16-18)10-7-17-5-8-20(9-6-17)29(35,36)42-21-13-22(31)27(23(32)14-21)19-11-24(33)28(25(34)12-19)43-30(37,38)39/h5-6,8-9,11-16H,2-4H2,1H3. The molecule has 0 N–H and O–H groups in total. The molecule has 0 aliphatic heterocycles. The van der Waals surface area contributed by atoms with Crippen molar-refractivity contribution in [2.45, 2.75) is 38.7 Å². The summed E-state index contributed by atoms with van der Waals surface area (Å²) in [7, 11) is 0. The van der Waals surface area contributed by atoms with Gasteiger partial charge in [-0.15, -0.1) is 13.2 Å². The molecule has 0 spiro atoms. The van der Waals surface area contributed by atoms with Gasteiger partial charge in [0.2, 0.25) is 11.6 Å². The third kappa shape index (κ3) is 7.97. The van der Waals surface area contributed by atoms with Gasteiger partial charge in [-0.25, -0.2) is 27.5 Å². The van der Waals surface area contributed by atoms with Gasteiger partial charge in [-0.3, -0.25) is 0 Å². The Bertz CT molecular complexity index is 1610. The van der Waals surface area contributed by atoms with Crippen LogP contribution in [0.5, 0.6) is 11.5 Å². The van der Waals surface area contributed by atoms with Crippen LogP contribution >= 0.6 is 0 Å². The van der Waals surface area contributed by atoms with Crippen LogP contribution in [0.25, 0.3) is 11.1 Å². The van der Waals surface area contributed by atoms with E-state index in [0.717, 1.165) is 37.0 Å².